The van der Waals surface area contributed by atoms with Gasteiger partial charge < -0.3 is 4.74 Å². The predicted molar refractivity (Wildman–Crippen MR) is 54.1 cm³/mol. The second-order valence-electron chi connectivity index (χ2n) is 2.96. The first-order chi connectivity index (χ1) is 5.68. The molecule has 0 heterocycles. The zero-order valence-corrected chi connectivity index (χ0v) is 8.05. The topological polar surface area (TPSA) is 9.23 Å². The molecule has 0 bridgehead atoms. The van der Waals surface area contributed by atoms with Crippen molar-refractivity contribution in [2.45, 2.75) is 13.8 Å². The maximum absolute atomic E-state index is 5.17. The van der Waals surface area contributed by atoms with Gasteiger partial charge in [0.05, 0.1) is 13.2 Å². The van der Waals surface area contributed by atoms with Gasteiger partial charge in [-0.3, -0.25) is 0 Å². The third kappa shape index (κ3) is 5.93. The van der Waals surface area contributed by atoms with Crippen LogP contribution in [0, 0.1) is 5.92 Å². The van der Waals surface area contributed by atoms with Crippen molar-refractivity contribution >= 4 is 0 Å². The van der Waals surface area contributed by atoms with Crippen LogP contribution in [0.1, 0.15) is 13.8 Å². The van der Waals surface area contributed by atoms with Crippen LogP contribution >= 0.6 is 0 Å². The molecule has 0 aromatic rings. The molecule has 0 spiro atoms. The van der Waals surface area contributed by atoms with Gasteiger partial charge in [-0.05, 0) is 5.92 Å². The zero-order chi connectivity index (χ0) is 9.40. The van der Waals surface area contributed by atoms with Crippen molar-refractivity contribution in [2.24, 2.45) is 5.92 Å². The number of allylic oxidation sites excluding steroid dienone is 2. The molecular formula is C11H18O. The number of hydrogen-bond acceptors (Lipinski definition) is 1. The first kappa shape index (κ1) is 11.2. The molecule has 0 atom stereocenters. The third-order valence-corrected chi connectivity index (χ3v) is 1.52. The van der Waals surface area contributed by atoms with Crippen molar-refractivity contribution in [3.63, 3.8) is 0 Å². The fourth-order valence-corrected chi connectivity index (χ4v) is 0.611. The Morgan fingerprint density at radius 2 is 2.08 bits per heavy atom. The van der Waals surface area contributed by atoms with Crippen molar-refractivity contribution in [3.8, 4) is 0 Å². The molecule has 1 heteroatoms. The Hall–Kier alpha value is -0.820. The highest BCUT2D eigenvalue weighted by atomic mass is 16.5. The van der Waals surface area contributed by atoms with E-state index in [-0.39, 0.29) is 0 Å². The molecule has 0 unspecified atom stereocenters. The molecule has 0 rings (SSSR count). The summed E-state index contributed by atoms with van der Waals surface area (Å²) < 4.78 is 5.17. The Morgan fingerprint density at radius 1 is 1.42 bits per heavy atom. The second-order valence-corrected chi connectivity index (χ2v) is 2.96. The van der Waals surface area contributed by atoms with E-state index < -0.39 is 0 Å². The van der Waals surface area contributed by atoms with Crippen LogP contribution in [0.4, 0.5) is 0 Å². The first-order valence-corrected chi connectivity index (χ1v) is 4.22. The highest BCUT2D eigenvalue weighted by Gasteiger charge is 1.92. The van der Waals surface area contributed by atoms with Crippen molar-refractivity contribution in [1.29, 1.82) is 0 Å². The van der Waals surface area contributed by atoms with E-state index in [2.05, 4.69) is 27.0 Å². The van der Waals surface area contributed by atoms with Crippen molar-refractivity contribution in [2.75, 3.05) is 13.2 Å². The lowest BCUT2D eigenvalue weighted by molar-refractivity contribution is 0.194. The molecule has 0 radical (unpaired) electrons. The minimum absolute atomic E-state index is 0.514. The van der Waals surface area contributed by atoms with E-state index in [1.165, 1.54) is 0 Å². The molecule has 0 saturated carbocycles. The number of hydrogen-bond donors (Lipinski definition) is 0. The van der Waals surface area contributed by atoms with Gasteiger partial charge in [0, 0.05) is 0 Å². The lowest BCUT2D eigenvalue weighted by atomic mass is 10.1. The Morgan fingerprint density at radius 3 is 2.58 bits per heavy atom. The van der Waals surface area contributed by atoms with Gasteiger partial charge in [0.15, 0.2) is 0 Å². The molecule has 0 fully saturated rings. The van der Waals surface area contributed by atoms with E-state index in [4.69, 9.17) is 4.74 Å². The minimum atomic E-state index is 0.514. The molecule has 0 aliphatic carbocycles. The average molecular weight is 166 g/mol. The summed E-state index contributed by atoms with van der Waals surface area (Å²) in [5.41, 5.74) is 1.14. The fraction of sp³-hybridized carbons (Fsp3) is 0.455. The number of ether oxygens (including phenoxy) is 1. The Bertz CT molecular complexity index is 166. The lowest BCUT2D eigenvalue weighted by Crippen LogP contribution is -1.91. The van der Waals surface area contributed by atoms with E-state index >= 15 is 0 Å². The largest absolute Gasteiger partial charge is 0.373 e. The maximum Gasteiger partial charge on any atom is 0.0654 e. The Kier molecular flexibility index (Phi) is 6.39. The Balaban J connectivity index is 3.48. The van der Waals surface area contributed by atoms with Gasteiger partial charge in [0.25, 0.3) is 0 Å². The van der Waals surface area contributed by atoms with Gasteiger partial charge in [0.1, 0.15) is 0 Å². The van der Waals surface area contributed by atoms with E-state index in [0.717, 1.165) is 5.57 Å². The molecule has 68 valence electrons. The highest BCUT2D eigenvalue weighted by molar-refractivity contribution is 5.16. The van der Waals surface area contributed by atoms with E-state index in [9.17, 15) is 0 Å². The predicted octanol–water partition coefficient (Wildman–Crippen LogP) is 2.96. The zero-order valence-electron chi connectivity index (χ0n) is 8.05. The Labute approximate surface area is 75.4 Å². The van der Waals surface area contributed by atoms with Gasteiger partial charge in [-0.2, -0.15) is 0 Å². The molecule has 0 aromatic heterocycles. The van der Waals surface area contributed by atoms with Crippen LogP contribution in [-0.4, -0.2) is 13.2 Å². The standard InChI is InChI=1S/C11H18O/c1-5-8-12-9-6-7-11(4)10(2)3/h5-7,10H,1,4,8-9H2,2-3H3/b7-6+. The molecule has 12 heavy (non-hydrogen) atoms. The summed E-state index contributed by atoms with van der Waals surface area (Å²) in [4.78, 5) is 0. The number of rotatable bonds is 6. The quantitative estimate of drug-likeness (QED) is 0.335. The SMILES string of the molecule is C=CCOC/C=C/C(=C)C(C)C. The van der Waals surface area contributed by atoms with Gasteiger partial charge in [-0.1, -0.05) is 44.2 Å². The van der Waals surface area contributed by atoms with Crippen molar-refractivity contribution in [3.05, 3.63) is 37.0 Å². The second kappa shape index (κ2) is 6.86. The van der Waals surface area contributed by atoms with Crippen LogP contribution in [-0.2, 0) is 4.74 Å². The van der Waals surface area contributed by atoms with Crippen LogP contribution in [0.5, 0.6) is 0 Å². The van der Waals surface area contributed by atoms with Crippen LogP contribution in [0.2, 0.25) is 0 Å². The lowest BCUT2D eigenvalue weighted by Gasteiger charge is -2.02. The van der Waals surface area contributed by atoms with E-state index in [0.29, 0.717) is 19.1 Å². The maximum atomic E-state index is 5.17. The van der Waals surface area contributed by atoms with E-state index in [1.807, 2.05) is 12.2 Å². The van der Waals surface area contributed by atoms with Gasteiger partial charge in [-0.15, -0.1) is 6.58 Å². The molecule has 0 N–H and O–H groups in total. The van der Waals surface area contributed by atoms with Crippen LogP contribution < -0.4 is 0 Å². The average Bonchev–Trinajstić information content (AvgIpc) is 2.03. The summed E-state index contributed by atoms with van der Waals surface area (Å²) in [7, 11) is 0. The van der Waals surface area contributed by atoms with Crippen LogP contribution in [0.25, 0.3) is 0 Å². The van der Waals surface area contributed by atoms with Crippen molar-refractivity contribution < 1.29 is 4.74 Å². The smallest absolute Gasteiger partial charge is 0.0654 e. The molecule has 0 aromatic carbocycles. The van der Waals surface area contributed by atoms with E-state index in [1.54, 1.807) is 6.08 Å². The monoisotopic (exact) mass is 166 g/mol. The molecule has 0 saturated heterocycles. The van der Waals surface area contributed by atoms with Gasteiger partial charge in [0.2, 0.25) is 0 Å². The normalized spacial score (nSPS) is 10.9. The minimum Gasteiger partial charge on any atom is -0.373 e. The molecule has 1 nitrogen and oxygen atoms in total. The summed E-state index contributed by atoms with van der Waals surface area (Å²) in [6, 6.07) is 0. The summed E-state index contributed by atoms with van der Waals surface area (Å²) in [6.07, 6.45) is 5.73. The molecular weight excluding hydrogens is 148 g/mol. The van der Waals surface area contributed by atoms with Gasteiger partial charge in [-0.25, -0.2) is 0 Å². The first-order valence-electron chi connectivity index (χ1n) is 4.22. The molecule has 0 amide bonds. The molecule has 0 aliphatic rings. The fourth-order valence-electron chi connectivity index (χ4n) is 0.611. The third-order valence-electron chi connectivity index (χ3n) is 1.52. The summed E-state index contributed by atoms with van der Waals surface area (Å²) >= 11 is 0. The molecule has 0 aliphatic heterocycles. The van der Waals surface area contributed by atoms with Crippen LogP contribution in [0.15, 0.2) is 37.0 Å². The summed E-state index contributed by atoms with van der Waals surface area (Å²) in [6.45, 7) is 13.0. The van der Waals surface area contributed by atoms with Crippen molar-refractivity contribution in [1.82, 2.24) is 0 Å². The highest BCUT2D eigenvalue weighted by Crippen LogP contribution is 2.06. The van der Waals surface area contributed by atoms with Crippen LogP contribution in [0.3, 0.4) is 0 Å². The summed E-state index contributed by atoms with van der Waals surface area (Å²) in [5, 5.41) is 0. The summed E-state index contributed by atoms with van der Waals surface area (Å²) in [5.74, 6) is 0.514. The van der Waals surface area contributed by atoms with Gasteiger partial charge >= 0.3 is 0 Å².